The summed E-state index contributed by atoms with van der Waals surface area (Å²) in [4.78, 5) is 29.9. The molecule has 2 atom stereocenters. The maximum atomic E-state index is 13.4. The van der Waals surface area contributed by atoms with E-state index in [4.69, 9.17) is 9.47 Å². The molecule has 1 saturated heterocycles. The van der Waals surface area contributed by atoms with Crippen LogP contribution in [0.4, 0.5) is 5.69 Å². The SMILES string of the molecule is CCOC(=O)C1(C2CCCC=C2N2CCOCC2)Sc2ccccc2NC1=O. The third-order valence-electron chi connectivity index (χ3n) is 5.60. The molecule has 1 amide bonds. The van der Waals surface area contributed by atoms with Crippen molar-refractivity contribution in [1.82, 2.24) is 4.90 Å². The number of nitrogens with one attached hydrogen (secondary N) is 1. The number of carbonyl (C=O) groups excluding carboxylic acids is 2. The summed E-state index contributed by atoms with van der Waals surface area (Å²) in [5, 5.41) is 2.98. The van der Waals surface area contributed by atoms with Crippen molar-refractivity contribution in [2.75, 3.05) is 38.2 Å². The Hall–Kier alpha value is -1.99. The number of hydrogen-bond acceptors (Lipinski definition) is 6. The van der Waals surface area contributed by atoms with Crippen molar-refractivity contribution >= 4 is 29.3 Å². The molecule has 1 fully saturated rings. The summed E-state index contributed by atoms with van der Waals surface area (Å²) in [6.45, 7) is 4.93. The molecule has 0 saturated carbocycles. The van der Waals surface area contributed by atoms with Gasteiger partial charge in [0.25, 0.3) is 5.91 Å². The predicted molar refractivity (Wildman–Crippen MR) is 108 cm³/mol. The highest BCUT2D eigenvalue weighted by Crippen LogP contribution is 2.52. The molecule has 2 unspecified atom stereocenters. The number of ether oxygens (including phenoxy) is 2. The van der Waals surface area contributed by atoms with Crippen LogP contribution in [-0.4, -0.2) is 54.4 Å². The summed E-state index contributed by atoms with van der Waals surface area (Å²) < 4.78 is 9.66. The Morgan fingerprint density at radius 1 is 1.36 bits per heavy atom. The lowest BCUT2D eigenvalue weighted by Gasteiger charge is -2.45. The number of nitrogens with zero attached hydrogens (tertiary/aromatic N) is 1. The molecule has 1 aromatic carbocycles. The number of carbonyl (C=O) groups is 2. The van der Waals surface area contributed by atoms with Gasteiger partial charge in [-0.25, -0.2) is 4.79 Å². The van der Waals surface area contributed by atoms with Gasteiger partial charge in [-0.1, -0.05) is 30.0 Å². The maximum absolute atomic E-state index is 13.4. The Kier molecular flexibility index (Phi) is 5.64. The lowest BCUT2D eigenvalue weighted by molar-refractivity contribution is -0.150. The van der Waals surface area contributed by atoms with Gasteiger partial charge in [-0.3, -0.25) is 4.79 Å². The lowest BCUT2D eigenvalue weighted by Crippen LogP contribution is -2.57. The molecule has 3 aliphatic rings. The molecular weight excluding hydrogens is 376 g/mol. The fraction of sp³-hybridized carbons (Fsp3) is 0.524. The molecule has 6 nitrogen and oxygen atoms in total. The van der Waals surface area contributed by atoms with E-state index < -0.39 is 10.7 Å². The van der Waals surface area contributed by atoms with Crippen LogP contribution >= 0.6 is 11.8 Å². The molecule has 2 aliphatic heterocycles. The Balaban J connectivity index is 1.77. The number of morpholine rings is 1. The maximum Gasteiger partial charge on any atom is 0.333 e. The number of benzene rings is 1. The lowest BCUT2D eigenvalue weighted by atomic mass is 9.79. The first-order valence-corrected chi connectivity index (χ1v) is 10.8. The Morgan fingerprint density at radius 2 is 2.14 bits per heavy atom. The van der Waals surface area contributed by atoms with Crippen LogP contribution in [0.2, 0.25) is 0 Å². The average Bonchev–Trinajstić information content (AvgIpc) is 2.74. The molecule has 0 aromatic heterocycles. The number of hydrogen-bond donors (Lipinski definition) is 1. The highest BCUT2D eigenvalue weighted by molar-refractivity contribution is 8.02. The fourth-order valence-corrected chi connectivity index (χ4v) is 5.67. The van der Waals surface area contributed by atoms with Gasteiger partial charge in [0.05, 0.1) is 25.5 Å². The van der Waals surface area contributed by atoms with Crippen molar-refractivity contribution in [3.8, 4) is 0 Å². The van der Waals surface area contributed by atoms with Gasteiger partial charge in [0.2, 0.25) is 4.75 Å². The molecule has 1 N–H and O–H groups in total. The van der Waals surface area contributed by atoms with Gasteiger partial charge in [-0.05, 0) is 38.3 Å². The third kappa shape index (κ3) is 3.31. The van der Waals surface area contributed by atoms with Crippen molar-refractivity contribution in [1.29, 1.82) is 0 Å². The van der Waals surface area contributed by atoms with Gasteiger partial charge < -0.3 is 19.7 Å². The second kappa shape index (κ2) is 8.17. The number of rotatable bonds is 4. The van der Waals surface area contributed by atoms with Gasteiger partial charge in [-0.15, -0.1) is 0 Å². The van der Waals surface area contributed by atoms with E-state index in [1.807, 2.05) is 24.3 Å². The number of amides is 1. The first-order chi connectivity index (χ1) is 13.7. The topological polar surface area (TPSA) is 67.9 Å². The van der Waals surface area contributed by atoms with Crippen LogP contribution in [0.25, 0.3) is 0 Å². The zero-order chi connectivity index (χ0) is 19.6. The van der Waals surface area contributed by atoms with Gasteiger partial charge in [0.1, 0.15) is 0 Å². The minimum absolute atomic E-state index is 0.225. The van der Waals surface area contributed by atoms with Crippen molar-refractivity contribution < 1.29 is 19.1 Å². The first-order valence-electron chi connectivity index (χ1n) is 9.96. The number of esters is 1. The summed E-state index contributed by atoms with van der Waals surface area (Å²) in [5.74, 6) is -0.949. The van der Waals surface area contributed by atoms with Gasteiger partial charge >= 0.3 is 5.97 Å². The monoisotopic (exact) mass is 402 g/mol. The Bertz CT molecular complexity index is 790. The van der Waals surface area contributed by atoms with E-state index in [0.29, 0.717) is 13.2 Å². The fourth-order valence-electron chi connectivity index (χ4n) is 4.28. The molecular formula is C21H26N2O4S. The van der Waals surface area contributed by atoms with Gasteiger partial charge in [-0.2, -0.15) is 0 Å². The van der Waals surface area contributed by atoms with Crippen molar-refractivity contribution in [2.45, 2.75) is 35.8 Å². The summed E-state index contributed by atoms with van der Waals surface area (Å²) in [6.07, 6.45) is 4.90. The smallest absolute Gasteiger partial charge is 0.333 e. The summed E-state index contributed by atoms with van der Waals surface area (Å²) in [7, 11) is 0. The number of allylic oxidation sites excluding steroid dienone is 2. The number of para-hydroxylation sites is 1. The second-order valence-corrected chi connectivity index (χ2v) is 8.51. The van der Waals surface area contributed by atoms with Crippen LogP contribution in [0.15, 0.2) is 40.9 Å². The minimum Gasteiger partial charge on any atom is -0.465 e. The van der Waals surface area contributed by atoms with E-state index >= 15 is 0 Å². The Labute approximate surface area is 169 Å². The van der Waals surface area contributed by atoms with Gasteiger partial charge in [0, 0.05) is 29.6 Å². The van der Waals surface area contributed by atoms with E-state index in [1.165, 1.54) is 11.8 Å². The summed E-state index contributed by atoms with van der Waals surface area (Å²) in [6, 6.07) is 7.64. The molecule has 2 heterocycles. The van der Waals surface area contributed by atoms with Crippen LogP contribution in [0, 0.1) is 5.92 Å². The van der Waals surface area contributed by atoms with E-state index in [-0.39, 0.29) is 18.4 Å². The molecule has 1 aromatic rings. The van der Waals surface area contributed by atoms with Crippen LogP contribution < -0.4 is 5.32 Å². The first kappa shape index (κ1) is 19.3. The highest BCUT2D eigenvalue weighted by atomic mass is 32.2. The zero-order valence-electron chi connectivity index (χ0n) is 16.1. The van der Waals surface area contributed by atoms with Crippen LogP contribution in [0.3, 0.4) is 0 Å². The summed E-state index contributed by atoms with van der Waals surface area (Å²) >= 11 is 1.35. The third-order valence-corrected chi connectivity index (χ3v) is 7.13. The van der Waals surface area contributed by atoms with E-state index in [9.17, 15) is 9.59 Å². The molecule has 4 rings (SSSR count). The molecule has 0 bridgehead atoms. The van der Waals surface area contributed by atoms with E-state index in [1.54, 1.807) is 6.92 Å². The van der Waals surface area contributed by atoms with Crippen molar-refractivity contribution in [3.63, 3.8) is 0 Å². The van der Waals surface area contributed by atoms with Gasteiger partial charge in [0.15, 0.2) is 0 Å². The second-order valence-electron chi connectivity index (χ2n) is 7.22. The van der Waals surface area contributed by atoms with Crippen LogP contribution in [-0.2, 0) is 19.1 Å². The molecule has 28 heavy (non-hydrogen) atoms. The van der Waals surface area contributed by atoms with Crippen molar-refractivity contribution in [3.05, 3.63) is 36.0 Å². The van der Waals surface area contributed by atoms with Crippen LogP contribution in [0.5, 0.6) is 0 Å². The van der Waals surface area contributed by atoms with Crippen LogP contribution in [0.1, 0.15) is 26.2 Å². The van der Waals surface area contributed by atoms with E-state index in [2.05, 4.69) is 16.3 Å². The zero-order valence-corrected chi connectivity index (χ0v) is 16.9. The molecule has 7 heteroatoms. The standard InChI is InChI=1S/C21H26N2O4S/c1-2-27-20(25)21(19(24)22-16-8-4-6-10-18(16)28-21)15-7-3-5-9-17(15)23-11-13-26-14-12-23/h4,6,8-10,15H,2-3,5,7,11-14H2,1H3,(H,22,24). The average molecular weight is 403 g/mol. The van der Waals surface area contributed by atoms with Crippen molar-refractivity contribution in [2.24, 2.45) is 5.92 Å². The molecule has 0 radical (unpaired) electrons. The van der Waals surface area contributed by atoms with E-state index in [0.717, 1.165) is 48.6 Å². The minimum atomic E-state index is -1.31. The number of thioether (sulfide) groups is 1. The quantitative estimate of drug-likeness (QED) is 0.617. The molecule has 1 aliphatic carbocycles. The largest absolute Gasteiger partial charge is 0.465 e. The predicted octanol–water partition coefficient (Wildman–Crippen LogP) is 3.05. The molecule has 0 spiro atoms. The summed E-state index contributed by atoms with van der Waals surface area (Å²) in [5.41, 5.74) is 1.84. The normalized spacial score (nSPS) is 27.5. The molecule has 150 valence electrons. The highest BCUT2D eigenvalue weighted by Gasteiger charge is 2.58. The Morgan fingerprint density at radius 3 is 2.93 bits per heavy atom. The number of anilines is 1. The number of fused-ring (bicyclic) bond motifs is 1.